The zero-order chi connectivity index (χ0) is 23.7. The second-order valence-corrected chi connectivity index (χ2v) is 7.96. The third-order valence-electron chi connectivity index (χ3n) is 5.70. The molecule has 2 aliphatic heterocycles. The Labute approximate surface area is 188 Å². The van der Waals surface area contributed by atoms with E-state index in [0.717, 1.165) is 11.1 Å². The Balaban J connectivity index is 1.38. The maximum atomic E-state index is 12.7. The van der Waals surface area contributed by atoms with Crippen LogP contribution in [0, 0.1) is 17.0 Å². The van der Waals surface area contributed by atoms with Gasteiger partial charge in [-0.1, -0.05) is 18.2 Å². The van der Waals surface area contributed by atoms with Crippen LogP contribution in [0.25, 0.3) is 0 Å². The maximum Gasteiger partial charge on any atom is 0.319 e. The summed E-state index contributed by atoms with van der Waals surface area (Å²) in [5.74, 6) is -1.08. The van der Waals surface area contributed by atoms with Gasteiger partial charge >= 0.3 is 6.03 Å². The van der Waals surface area contributed by atoms with E-state index < -0.39 is 22.9 Å². The molecule has 11 nitrogen and oxygen atoms in total. The first kappa shape index (κ1) is 21.9. The molecule has 1 saturated heterocycles. The highest BCUT2D eigenvalue weighted by atomic mass is 16.6. The number of anilines is 1. The van der Waals surface area contributed by atoms with Crippen LogP contribution in [0.2, 0.25) is 0 Å². The van der Waals surface area contributed by atoms with Crippen molar-refractivity contribution in [1.82, 2.24) is 15.5 Å². The Morgan fingerprint density at radius 1 is 1.21 bits per heavy atom. The van der Waals surface area contributed by atoms with Gasteiger partial charge in [0.2, 0.25) is 11.8 Å². The lowest BCUT2D eigenvalue weighted by molar-refractivity contribution is -0.385. The number of urea groups is 1. The third kappa shape index (κ3) is 4.52. The number of aryl methyl sites for hydroxylation is 1. The highest BCUT2D eigenvalue weighted by Crippen LogP contribution is 2.28. The maximum absolute atomic E-state index is 12.7. The molecule has 4 rings (SSSR count). The molecule has 5 amide bonds. The van der Waals surface area contributed by atoms with Crippen LogP contribution in [0.15, 0.2) is 36.4 Å². The summed E-state index contributed by atoms with van der Waals surface area (Å²) in [5, 5.41) is 18.6. The molecule has 33 heavy (non-hydrogen) atoms. The number of nitro benzene ring substituents is 1. The summed E-state index contributed by atoms with van der Waals surface area (Å²) in [6.07, 6.45) is 0.473. The van der Waals surface area contributed by atoms with Crippen LogP contribution < -0.4 is 16.0 Å². The molecule has 0 saturated carbocycles. The van der Waals surface area contributed by atoms with Crippen molar-refractivity contribution in [3.8, 4) is 0 Å². The molecular formula is C22H21N5O6. The molecule has 1 fully saturated rings. The average Bonchev–Trinajstić information content (AvgIpc) is 3.09. The molecule has 3 N–H and O–H groups in total. The molecule has 0 aliphatic carbocycles. The first-order valence-corrected chi connectivity index (χ1v) is 10.3. The number of nitrogens with zero attached hydrogens (tertiary/aromatic N) is 2. The summed E-state index contributed by atoms with van der Waals surface area (Å²) in [6.45, 7) is 2.02. The van der Waals surface area contributed by atoms with Crippen molar-refractivity contribution < 1.29 is 24.1 Å². The van der Waals surface area contributed by atoms with E-state index in [1.54, 1.807) is 37.3 Å². The predicted octanol–water partition coefficient (Wildman–Crippen LogP) is 1.99. The molecule has 1 unspecified atom stereocenters. The molecule has 0 aromatic heterocycles. The number of fused-ring (bicyclic) bond motifs is 1. The zero-order valence-electron chi connectivity index (χ0n) is 17.7. The van der Waals surface area contributed by atoms with E-state index in [9.17, 15) is 29.3 Å². The van der Waals surface area contributed by atoms with Crippen LogP contribution in [-0.2, 0) is 22.7 Å². The number of benzene rings is 2. The topological polar surface area (TPSA) is 151 Å². The van der Waals surface area contributed by atoms with E-state index in [1.165, 1.54) is 11.0 Å². The van der Waals surface area contributed by atoms with Gasteiger partial charge < -0.3 is 15.5 Å². The Bertz CT molecular complexity index is 1190. The quantitative estimate of drug-likeness (QED) is 0.359. The summed E-state index contributed by atoms with van der Waals surface area (Å²) >= 11 is 0. The van der Waals surface area contributed by atoms with Gasteiger partial charge in [0.1, 0.15) is 6.04 Å². The van der Waals surface area contributed by atoms with Crippen LogP contribution in [0.1, 0.15) is 39.9 Å². The molecule has 1 atom stereocenters. The highest BCUT2D eigenvalue weighted by molar-refractivity contribution is 6.05. The van der Waals surface area contributed by atoms with E-state index in [1.807, 2.05) is 0 Å². The number of nitro groups is 1. The number of piperidine rings is 1. The lowest BCUT2D eigenvalue weighted by Gasteiger charge is -2.29. The van der Waals surface area contributed by atoms with E-state index in [4.69, 9.17) is 0 Å². The van der Waals surface area contributed by atoms with Crippen LogP contribution in [0.3, 0.4) is 0 Å². The Morgan fingerprint density at radius 2 is 2.00 bits per heavy atom. The van der Waals surface area contributed by atoms with Crippen molar-refractivity contribution in [3.63, 3.8) is 0 Å². The number of rotatable bonds is 5. The second-order valence-electron chi connectivity index (χ2n) is 7.96. The first-order valence-electron chi connectivity index (χ1n) is 10.3. The van der Waals surface area contributed by atoms with Crippen molar-refractivity contribution in [2.24, 2.45) is 0 Å². The lowest BCUT2D eigenvalue weighted by atomic mass is 10.0. The van der Waals surface area contributed by atoms with Gasteiger partial charge in [-0.15, -0.1) is 0 Å². The summed E-state index contributed by atoms with van der Waals surface area (Å²) in [6, 6.07) is 8.36. The SMILES string of the molecule is Cc1ccc(NC(=O)NCc2ccc3c(c2)CN(C2CCC(=O)NC2=O)C3=O)cc1[N+](=O)[O-]. The van der Waals surface area contributed by atoms with Crippen LogP contribution >= 0.6 is 0 Å². The zero-order valence-corrected chi connectivity index (χ0v) is 17.7. The number of amides is 5. The van der Waals surface area contributed by atoms with E-state index in [2.05, 4.69) is 16.0 Å². The molecule has 11 heteroatoms. The molecule has 2 aromatic rings. The largest absolute Gasteiger partial charge is 0.334 e. The average molecular weight is 451 g/mol. The first-order chi connectivity index (χ1) is 15.7. The van der Waals surface area contributed by atoms with Crippen molar-refractivity contribution >= 4 is 35.1 Å². The van der Waals surface area contributed by atoms with Gasteiger partial charge in [-0.3, -0.25) is 29.8 Å². The number of hydrogen-bond acceptors (Lipinski definition) is 6. The van der Waals surface area contributed by atoms with Crippen LogP contribution in [0.5, 0.6) is 0 Å². The van der Waals surface area contributed by atoms with Gasteiger partial charge in [-0.25, -0.2) is 4.79 Å². The Morgan fingerprint density at radius 3 is 2.73 bits per heavy atom. The van der Waals surface area contributed by atoms with Gasteiger partial charge in [0.15, 0.2) is 0 Å². The Kier molecular flexibility index (Phi) is 5.78. The minimum atomic E-state index is -0.687. The van der Waals surface area contributed by atoms with Crippen LogP contribution in [-0.4, -0.2) is 39.6 Å². The summed E-state index contributed by atoms with van der Waals surface area (Å²) in [5.41, 5.74) is 2.67. The number of hydrogen-bond donors (Lipinski definition) is 3. The fraction of sp³-hybridized carbons (Fsp3) is 0.273. The fourth-order valence-corrected chi connectivity index (χ4v) is 3.98. The number of imide groups is 1. The van der Waals surface area contributed by atoms with Gasteiger partial charge in [0, 0.05) is 42.4 Å². The minimum absolute atomic E-state index is 0.0864. The monoisotopic (exact) mass is 451 g/mol. The molecule has 2 aromatic carbocycles. The van der Waals surface area contributed by atoms with Crippen molar-refractivity contribution in [3.05, 3.63) is 68.8 Å². The molecule has 170 valence electrons. The van der Waals surface area contributed by atoms with Crippen molar-refractivity contribution in [2.75, 3.05) is 5.32 Å². The molecule has 2 heterocycles. The second kappa shape index (κ2) is 8.69. The molecule has 0 bridgehead atoms. The fourth-order valence-electron chi connectivity index (χ4n) is 3.98. The smallest absolute Gasteiger partial charge is 0.319 e. The number of carbonyl (C=O) groups excluding carboxylic acids is 4. The highest BCUT2D eigenvalue weighted by Gasteiger charge is 2.39. The van der Waals surface area contributed by atoms with Gasteiger partial charge in [0.25, 0.3) is 11.6 Å². The number of carbonyl (C=O) groups is 4. The van der Waals surface area contributed by atoms with Crippen molar-refractivity contribution in [2.45, 2.75) is 38.9 Å². The van der Waals surface area contributed by atoms with E-state index >= 15 is 0 Å². The molecular weight excluding hydrogens is 430 g/mol. The molecule has 2 aliphatic rings. The normalized spacial score (nSPS) is 17.4. The summed E-state index contributed by atoms with van der Waals surface area (Å²) in [4.78, 5) is 60.5. The predicted molar refractivity (Wildman–Crippen MR) is 116 cm³/mol. The number of nitrogens with one attached hydrogen (secondary N) is 3. The van der Waals surface area contributed by atoms with Gasteiger partial charge in [-0.2, -0.15) is 0 Å². The van der Waals surface area contributed by atoms with E-state index in [0.29, 0.717) is 16.8 Å². The van der Waals surface area contributed by atoms with Crippen LogP contribution in [0.4, 0.5) is 16.2 Å². The van der Waals surface area contributed by atoms with Gasteiger partial charge in [0.05, 0.1) is 4.92 Å². The van der Waals surface area contributed by atoms with Gasteiger partial charge in [-0.05, 0) is 36.6 Å². The summed E-state index contributed by atoms with van der Waals surface area (Å²) in [7, 11) is 0. The third-order valence-corrected chi connectivity index (χ3v) is 5.70. The standard InChI is InChI=1S/C22H21N5O6/c1-12-2-4-15(9-18(12)27(32)33)24-22(31)23-10-13-3-5-16-14(8-13)11-26(21(16)30)17-6-7-19(28)25-20(17)29/h2-5,8-9,17H,6-7,10-11H2,1H3,(H2,23,24,31)(H,25,28,29). The molecule has 0 spiro atoms. The lowest BCUT2D eigenvalue weighted by Crippen LogP contribution is -2.52. The molecule has 0 radical (unpaired) electrons. The summed E-state index contributed by atoms with van der Waals surface area (Å²) < 4.78 is 0. The minimum Gasteiger partial charge on any atom is -0.334 e. The van der Waals surface area contributed by atoms with E-state index in [-0.39, 0.29) is 43.4 Å². The van der Waals surface area contributed by atoms with Crippen molar-refractivity contribution in [1.29, 1.82) is 0 Å². The Hall–Kier alpha value is -4.28.